The Kier molecular flexibility index (Phi) is 5.13. The minimum atomic E-state index is 0.169. The van der Waals surface area contributed by atoms with Crippen molar-refractivity contribution in [2.45, 2.75) is 51.6 Å². The number of nitrogens with one attached hydrogen (secondary N) is 1. The third-order valence-corrected chi connectivity index (χ3v) is 4.09. The van der Waals surface area contributed by atoms with E-state index in [4.69, 9.17) is 0 Å². The van der Waals surface area contributed by atoms with Gasteiger partial charge >= 0.3 is 0 Å². The second kappa shape index (κ2) is 6.86. The van der Waals surface area contributed by atoms with Crippen molar-refractivity contribution in [2.75, 3.05) is 0 Å². The van der Waals surface area contributed by atoms with Gasteiger partial charge in [0.15, 0.2) is 0 Å². The first-order valence-electron chi connectivity index (χ1n) is 7.70. The van der Waals surface area contributed by atoms with Crippen molar-refractivity contribution in [1.29, 1.82) is 0 Å². The second-order valence-electron chi connectivity index (χ2n) is 6.53. The fourth-order valence-corrected chi connectivity index (χ4v) is 2.99. The molecule has 112 valence electrons. The molecule has 0 saturated carbocycles. The van der Waals surface area contributed by atoms with Crippen molar-refractivity contribution in [3.63, 3.8) is 0 Å². The van der Waals surface area contributed by atoms with Crippen LogP contribution in [0.3, 0.4) is 0 Å². The van der Waals surface area contributed by atoms with Gasteiger partial charge in [-0.1, -0.05) is 50.2 Å². The number of hydrogen-bond donors (Lipinski definition) is 1. The molecule has 0 aliphatic rings. The van der Waals surface area contributed by atoms with E-state index >= 15 is 0 Å². The van der Waals surface area contributed by atoms with Gasteiger partial charge in [-0.05, 0) is 42.9 Å². The van der Waals surface area contributed by atoms with E-state index in [9.17, 15) is 0 Å². The molecule has 1 aromatic carbocycles. The first kappa shape index (κ1) is 15.7. The normalized spacial score (nSPS) is 14.7. The highest BCUT2D eigenvalue weighted by Gasteiger charge is 2.23. The minimum Gasteiger partial charge on any atom is -0.308 e. The SMILES string of the molecule is CC(CC(C)(C)c1ccccc1)N[C@@H](C)c1cccnc1. The van der Waals surface area contributed by atoms with Gasteiger partial charge in [-0.15, -0.1) is 0 Å². The second-order valence-corrected chi connectivity index (χ2v) is 6.53. The largest absolute Gasteiger partial charge is 0.308 e. The third kappa shape index (κ3) is 4.40. The van der Waals surface area contributed by atoms with Crippen LogP contribution in [0.5, 0.6) is 0 Å². The highest BCUT2D eigenvalue weighted by atomic mass is 14.9. The molecule has 2 heteroatoms. The van der Waals surface area contributed by atoms with Crippen LogP contribution < -0.4 is 5.32 Å². The van der Waals surface area contributed by atoms with Crippen LogP contribution in [0.2, 0.25) is 0 Å². The highest BCUT2D eigenvalue weighted by molar-refractivity contribution is 5.23. The van der Waals surface area contributed by atoms with Crippen molar-refractivity contribution in [1.82, 2.24) is 10.3 Å². The lowest BCUT2D eigenvalue weighted by Crippen LogP contribution is -2.34. The van der Waals surface area contributed by atoms with Gasteiger partial charge in [0, 0.05) is 24.5 Å². The molecule has 1 heterocycles. The lowest BCUT2D eigenvalue weighted by Gasteiger charge is -2.30. The van der Waals surface area contributed by atoms with Gasteiger partial charge in [0.05, 0.1) is 0 Å². The molecular formula is C19H26N2. The topological polar surface area (TPSA) is 24.9 Å². The van der Waals surface area contributed by atoms with E-state index in [0.29, 0.717) is 12.1 Å². The van der Waals surface area contributed by atoms with E-state index in [0.717, 1.165) is 6.42 Å². The van der Waals surface area contributed by atoms with E-state index in [-0.39, 0.29) is 5.41 Å². The third-order valence-electron chi connectivity index (χ3n) is 4.09. The summed E-state index contributed by atoms with van der Waals surface area (Å²) >= 11 is 0. The van der Waals surface area contributed by atoms with Gasteiger partial charge in [0.2, 0.25) is 0 Å². The van der Waals surface area contributed by atoms with Crippen LogP contribution in [0, 0.1) is 0 Å². The van der Waals surface area contributed by atoms with Crippen LogP contribution in [-0.4, -0.2) is 11.0 Å². The molecule has 1 unspecified atom stereocenters. The summed E-state index contributed by atoms with van der Waals surface area (Å²) < 4.78 is 0. The van der Waals surface area contributed by atoms with Gasteiger partial charge in [0.25, 0.3) is 0 Å². The Morgan fingerprint density at radius 3 is 2.38 bits per heavy atom. The lowest BCUT2D eigenvalue weighted by molar-refractivity contribution is 0.366. The van der Waals surface area contributed by atoms with E-state index in [1.165, 1.54) is 11.1 Å². The molecule has 2 atom stereocenters. The summed E-state index contributed by atoms with van der Waals surface area (Å²) in [5.74, 6) is 0. The number of benzene rings is 1. The van der Waals surface area contributed by atoms with Gasteiger partial charge in [-0.3, -0.25) is 4.98 Å². The fraction of sp³-hybridized carbons (Fsp3) is 0.421. The molecular weight excluding hydrogens is 256 g/mol. The number of pyridine rings is 1. The Morgan fingerprint density at radius 1 is 1.05 bits per heavy atom. The zero-order valence-corrected chi connectivity index (χ0v) is 13.5. The Morgan fingerprint density at radius 2 is 1.76 bits per heavy atom. The minimum absolute atomic E-state index is 0.169. The molecule has 0 bridgehead atoms. The Balaban J connectivity index is 1.97. The molecule has 2 rings (SSSR count). The van der Waals surface area contributed by atoms with Crippen LogP contribution in [-0.2, 0) is 5.41 Å². The molecule has 2 nitrogen and oxygen atoms in total. The average Bonchev–Trinajstić information content (AvgIpc) is 2.48. The standard InChI is InChI=1S/C19H26N2/c1-15(21-16(2)17-9-8-12-20-14-17)13-19(3,4)18-10-6-5-7-11-18/h5-12,14-16,21H,13H2,1-4H3/t15?,16-/m0/s1. The molecule has 2 aromatic rings. The van der Waals surface area contributed by atoms with Crippen molar-refractivity contribution >= 4 is 0 Å². The molecule has 0 spiro atoms. The molecule has 0 fully saturated rings. The molecule has 0 aliphatic carbocycles. The van der Waals surface area contributed by atoms with Crippen LogP contribution in [0.15, 0.2) is 54.9 Å². The summed E-state index contributed by atoms with van der Waals surface area (Å²) in [6, 6.07) is 15.6. The summed E-state index contributed by atoms with van der Waals surface area (Å²) in [4.78, 5) is 4.20. The van der Waals surface area contributed by atoms with Gasteiger partial charge in [-0.2, -0.15) is 0 Å². The lowest BCUT2D eigenvalue weighted by atomic mass is 9.79. The Bertz CT molecular complexity index is 534. The number of hydrogen-bond acceptors (Lipinski definition) is 2. The van der Waals surface area contributed by atoms with Crippen LogP contribution in [0.25, 0.3) is 0 Å². The van der Waals surface area contributed by atoms with Crippen LogP contribution in [0.1, 0.15) is 51.3 Å². The smallest absolute Gasteiger partial charge is 0.0315 e. The number of aromatic nitrogens is 1. The molecule has 0 aliphatic heterocycles. The van der Waals surface area contributed by atoms with Crippen LogP contribution in [0.4, 0.5) is 0 Å². The van der Waals surface area contributed by atoms with Crippen molar-refractivity contribution < 1.29 is 0 Å². The molecule has 1 aromatic heterocycles. The van der Waals surface area contributed by atoms with Gasteiger partial charge in [-0.25, -0.2) is 0 Å². The van der Waals surface area contributed by atoms with Crippen LogP contribution >= 0.6 is 0 Å². The quantitative estimate of drug-likeness (QED) is 0.844. The first-order valence-corrected chi connectivity index (χ1v) is 7.70. The zero-order valence-electron chi connectivity index (χ0n) is 13.5. The fourth-order valence-electron chi connectivity index (χ4n) is 2.99. The van der Waals surface area contributed by atoms with E-state index < -0.39 is 0 Å². The Hall–Kier alpha value is -1.67. The van der Waals surface area contributed by atoms with E-state index in [1.54, 1.807) is 0 Å². The monoisotopic (exact) mass is 282 g/mol. The predicted molar refractivity (Wildman–Crippen MR) is 89.3 cm³/mol. The van der Waals surface area contributed by atoms with Gasteiger partial charge in [0.1, 0.15) is 0 Å². The highest BCUT2D eigenvalue weighted by Crippen LogP contribution is 2.28. The van der Waals surface area contributed by atoms with E-state index in [2.05, 4.69) is 74.4 Å². The molecule has 21 heavy (non-hydrogen) atoms. The maximum absolute atomic E-state index is 4.20. The van der Waals surface area contributed by atoms with Gasteiger partial charge < -0.3 is 5.32 Å². The number of rotatable bonds is 6. The summed E-state index contributed by atoms with van der Waals surface area (Å²) in [5, 5.41) is 3.68. The molecule has 0 amide bonds. The summed E-state index contributed by atoms with van der Waals surface area (Å²) in [6.07, 6.45) is 4.85. The summed E-state index contributed by atoms with van der Waals surface area (Å²) in [6.45, 7) is 9.09. The summed E-state index contributed by atoms with van der Waals surface area (Å²) in [7, 11) is 0. The van der Waals surface area contributed by atoms with E-state index in [1.807, 2.05) is 18.5 Å². The van der Waals surface area contributed by atoms with Crippen molar-refractivity contribution in [2.24, 2.45) is 0 Å². The number of nitrogens with zero attached hydrogens (tertiary/aromatic N) is 1. The zero-order chi connectivity index (χ0) is 15.3. The van der Waals surface area contributed by atoms with Crippen molar-refractivity contribution in [3.8, 4) is 0 Å². The molecule has 0 saturated heterocycles. The Labute approximate surface area is 128 Å². The molecule has 0 radical (unpaired) electrons. The summed E-state index contributed by atoms with van der Waals surface area (Å²) in [5.41, 5.74) is 2.80. The van der Waals surface area contributed by atoms with Crippen molar-refractivity contribution in [3.05, 3.63) is 66.0 Å². The predicted octanol–water partition coefficient (Wildman–Crippen LogP) is 4.49. The molecule has 1 N–H and O–H groups in total. The maximum atomic E-state index is 4.20. The first-order chi connectivity index (χ1) is 9.99. The average molecular weight is 282 g/mol. The maximum Gasteiger partial charge on any atom is 0.0315 e.